The highest BCUT2D eigenvalue weighted by atomic mass is 32.1. The van der Waals surface area contributed by atoms with Crippen molar-refractivity contribution in [3.63, 3.8) is 0 Å². The van der Waals surface area contributed by atoms with Gasteiger partial charge in [0.05, 0.1) is 11.7 Å². The standard InChI is InChI=1S/C12H15N3OS/c1-8-6-10-11(17-8)14-7-15(12(10)16)9-2-4-13-5-3-9/h6-7,9,13H,2-5H2,1H3. The van der Waals surface area contributed by atoms with E-state index in [1.54, 1.807) is 17.7 Å². The molecule has 5 heteroatoms. The minimum atomic E-state index is 0.117. The van der Waals surface area contributed by atoms with Crippen LogP contribution < -0.4 is 10.9 Å². The zero-order valence-corrected chi connectivity index (χ0v) is 10.6. The minimum Gasteiger partial charge on any atom is -0.317 e. The Bertz CT molecular complexity index is 595. The Morgan fingerprint density at radius 2 is 2.24 bits per heavy atom. The SMILES string of the molecule is Cc1cc2c(=O)n(C3CCNCC3)cnc2s1. The van der Waals surface area contributed by atoms with E-state index in [0.29, 0.717) is 6.04 Å². The zero-order chi connectivity index (χ0) is 11.8. The Labute approximate surface area is 103 Å². The van der Waals surface area contributed by atoms with Crippen molar-refractivity contribution < 1.29 is 0 Å². The number of rotatable bonds is 1. The van der Waals surface area contributed by atoms with Gasteiger partial charge >= 0.3 is 0 Å². The average Bonchev–Trinajstić information content (AvgIpc) is 2.72. The third kappa shape index (κ3) is 1.89. The average molecular weight is 249 g/mol. The van der Waals surface area contributed by atoms with Crippen molar-refractivity contribution in [1.82, 2.24) is 14.9 Å². The van der Waals surface area contributed by atoms with Crippen LogP contribution in [0.5, 0.6) is 0 Å². The molecule has 90 valence electrons. The summed E-state index contributed by atoms with van der Waals surface area (Å²) >= 11 is 1.58. The zero-order valence-electron chi connectivity index (χ0n) is 9.77. The van der Waals surface area contributed by atoms with Crippen LogP contribution in [0, 0.1) is 6.92 Å². The molecule has 0 atom stereocenters. The van der Waals surface area contributed by atoms with Gasteiger partial charge in [0.25, 0.3) is 5.56 Å². The summed E-state index contributed by atoms with van der Waals surface area (Å²) in [6.07, 6.45) is 3.74. The fraction of sp³-hybridized carbons (Fsp3) is 0.500. The molecule has 3 rings (SSSR count). The summed E-state index contributed by atoms with van der Waals surface area (Å²) in [4.78, 5) is 18.8. The van der Waals surface area contributed by atoms with Crippen LogP contribution in [0.25, 0.3) is 10.2 Å². The van der Waals surface area contributed by atoms with Crippen LogP contribution in [-0.4, -0.2) is 22.6 Å². The molecular formula is C12H15N3OS. The Hall–Kier alpha value is -1.20. The third-order valence-electron chi connectivity index (χ3n) is 3.30. The van der Waals surface area contributed by atoms with Gasteiger partial charge in [-0.15, -0.1) is 11.3 Å². The first-order chi connectivity index (χ1) is 8.25. The first-order valence-electron chi connectivity index (χ1n) is 5.94. The van der Waals surface area contributed by atoms with E-state index in [9.17, 15) is 4.79 Å². The van der Waals surface area contributed by atoms with Crippen LogP contribution in [0.3, 0.4) is 0 Å². The molecule has 0 amide bonds. The lowest BCUT2D eigenvalue weighted by atomic mass is 10.1. The van der Waals surface area contributed by atoms with Gasteiger partial charge in [-0.2, -0.15) is 0 Å². The molecule has 1 aliphatic heterocycles. The van der Waals surface area contributed by atoms with Crippen molar-refractivity contribution in [2.24, 2.45) is 0 Å². The van der Waals surface area contributed by atoms with E-state index >= 15 is 0 Å². The summed E-state index contributed by atoms with van der Waals surface area (Å²) < 4.78 is 1.81. The normalized spacial score (nSPS) is 17.7. The molecular weight excluding hydrogens is 234 g/mol. The van der Waals surface area contributed by atoms with Gasteiger partial charge in [0.1, 0.15) is 4.83 Å². The highest BCUT2D eigenvalue weighted by molar-refractivity contribution is 7.18. The van der Waals surface area contributed by atoms with Gasteiger partial charge in [-0.05, 0) is 38.9 Å². The van der Waals surface area contributed by atoms with E-state index in [1.807, 2.05) is 17.6 Å². The summed E-state index contributed by atoms with van der Waals surface area (Å²) in [6.45, 7) is 3.98. The fourth-order valence-electron chi connectivity index (χ4n) is 2.40. The molecule has 1 aliphatic rings. The molecule has 0 saturated carbocycles. The number of fused-ring (bicyclic) bond motifs is 1. The fourth-order valence-corrected chi connectivity index (χ4v) is 3.24. The van der Waals surface area contributed by atoms with Crippen LogP contribution in [0.1, 0.15) is 23.8 Å². The molecule has 0 aromatic carbocycles. The van der Waals surface area contributed by atoms with Crippen LogP contribution in [-0.2, 0) is 0 Å². The van der Waals surface area contributed by atoms with E-state index in [4.69, 9.17) is 0 Å². The monoisotopic (exact) mass is 249 g/mol. The summed E-state index contributed by atoms with van der Waals surface area (Å²) in [5, 5.41) is 4.08. The molecule has 0 radical (unpaired) electrons. The predicted molar refractivity (Wildman–Crippen MR) is 69.8 cm³/mol. The minimum absolute atomic E-state index is 0.117. The van der Waals surface area contributed by atoms with Crippen molar-refractivity contribution in [2.75, 3.05) is 13.1 Å². The number of nitrogens with zero attached hydrogens (tertiary/aromatic N) is 2. The molecule has 17 heavy (non-hydrogen) atoms. The number of hydrogen-bond donors (Lipinski definition) is 1. The van der Waals surface area contributed by atoms with Gasteiger partial charge in [0, 0.05) is 10.9 Å². The van der Waals surface area contributed by atoms with Crippen molar-refractivity contribution in [2.45, 2.75) is 25.8 Å². The Morgan fingerprint density at radius 3 is 3.00 bits per heavy atom. The molecule has 0 bridgehead atoms. The van der Waals surface area contributed by atoms with Crippen LogP contribution >= 0.6 is 11.3 Å². The number of hydrogen-bond acceptors (Lipinski definition) is 4. The second-order valence-electron chi connectivity index (χ2n) is 4.51. The lowest BCUT2D eigenvalue weighted by molar-refractivity contribution is 0.359. The topological polar surface area (TPSA) is 46.9 Å². The number of nitrogens with one attached hydrogen (secondary N) is 1. The van der Waals surface area contributed by atoms with Crippen LogP contribution in [0.4, 0.5) is 0 Å². The summed E-state index contributed by atoms with van der Waals surface area (Å²) in [6, 6.07) is 2.26. The van der Waals surface area contributed by atoms with Crippen LogP contribution in [0.2, 0.25) is 0 Å². The number of aryl methyl sites for hydroxylation is 1. The Kier molecular flexibility index (Phi) is 2.72. The smallest absolute Gasteiger partial charge is 0.262 e. The summed E-state index contributed by atoms with van der Waals surface area (Å²) in [5.41, 5.74) is 0.117. The maximum Gasteiger partial charge on any atom is 0.262 e. The van der Waals surface area contributed by atoms with Gasteiger partial charge in [-0.25, -0.2) is 4.98 Å². The second kappa shape index (κ2) is 4.23. The molecule has 1 N–H and O–H groups in total. The van der Waals surface area contributed by atoms with Crippen molar-refractivity contribution in [3.05, 3.63) is 27.6 Å². The Morgan fingerprint density at radius 1 is 1.47 bits per heavy atom. The maximum absolute atomic E-state index is 12.4. The molecule has 1 fully saturated rings. The molecule has 0 unspecified atom stereocenters. The summed E-state index contributed by atoms with van der Waals surface area (Å²) in [5.74, 6) is 0. The highest BCUT2D eigenvalue weighted by Gasteiger charge is 2.17. The first-order valence-corrected chi connectivity index (χ1v) is 6.75. The first kappa shape index (κ1) is 10.9. The largest absolute Gasteiger partial charge is 0.317 e. The van der Waals surface area contributed by atoms with Gasteiger partial charge in [0.15, 0.2) is 0 Å². The van der Waals surface area contributed by atoms with E-state index in [1.165, 1.54) is 0 Å². The molecule has 2 aromatic rings. The molecule has 2 aromatic heterocycles. The lowest BCUT2D eigenvalue weighted by Gasteiger charge is -2.24. The summed E-state index contributed by atoms with van der Waals surface area (Å²) in [7, 11) is 0. The lowest BCUT2D eigenvalue weighted by Crippen LogP contribution is -2.34. The number of aromatic nitrogens is 2. The number of piperidine rings is 1. The predicted octanol–water partition coefficient (Wildman–Crippen LogP) is 1.69. The van der Waals surface area contributed by atoms with E-state index in [0.717, 1.165) is 41.0 Å². The van der Waals surface area contributed by atoms with Gasteiger partial charge in [0.2, 0.25) is 0 Å². The van der Waals surface area contributed by atoms with E-state index < -0.39 is 0 Å². The molecule has 0 aliphatic carbocycles. The quantitative estimate of drug-likeness (QED) is 0.836. The van der Waals surface area contributed by atoms with E-state index in [2.05, 4.69) is 10.3 Å². The highest BCUT2D eigenvalue weighted by Crippen LogP contribution is 2.22. The molecule has 1 saturated heterocycles. The molecule has 4 nitrogen and oxygen atoms in total. The van der Waals surface area contributed by atoms with Crippen molar-refractivity contribution >= 4 is 21.6 Å². The molecule has 3 heterocycles. The van der Waals surface area contributed by atoms with Crippen molar-refractivity contribution in [3.8, 4) is 0 Å². The number of thiophene rings is 1. The van der Waals surface area contributed by atoms with Crippen LogP contribution in [0.15, 0.2) is 17.2 Å². The molecule has 0 spiro atoms. The van der Waals surface area contributed by atoms with Gasteiger partial charge in [-0.1, -0.05) is 0 Å². The van der Waals surface area contributed by atoms with Gasteiger partial charge in [-0.3, -0.25) is 9.36 Å². The maximum atomic E-state index is 12.4. The Balaban J connectivity index is 2.10. The van der Waals surface area contributed by atoms with Gasteiger partial charge < -0.3 is 5.32 Å². The van der Waals surface area contributed by atoms with E-state index in [-0.39, 0.29) is 5.56 Å². The third-order valence-corrected chi connectivity index (χ3v) is 4.26. The van der Waals surface area contributed by atoms with Crippen molar-refractivity contribution in [1.29, 1.82) is 0 Å². The second-order valence-corrected chi connectivity index (χ2v) is 5.75.